The van der Waals surface area contributed by atoms with Crippen LogP contribution in [0, 0.1) is 5.82 Å². The van der Waals surface area contributed by atoms with Gasteiger partial charge in [-0.3, -0.25) is 0 Å². The van der Waals surface area contributed by atoms with Crippen LogP contribution >= 0.6 is 0 Å². The minimum atomic E-state index is -0.199. The van der Waals surface area contributed by atoms with E-state index in [1.165, 1.54) is 52.6 Å². The van der Waals surface area contributed by atoms with Gasteiger partial charge in [-0.1, -0.05) is 42.5 Å². The van der Waals surface area contributed by atoms with Crippen molar-refractivity contribution in [3.8, 4) is 5.69 Å². The molecule has 1 aromatic heterocycles. The summed E-state index contributed by atoms with van der Waals surface area (Å²) < 4.78 is 20.7. The lowest BCUT2D eigenvalue weighted by molar-refractivity contribution is -0.204. The second-order valence-electron chi connectivity index (χ2n) is 9.82. The molecule has 1 saturated heterocycles. The molecule has 0 radical (unpaired) electrons. The van der Waals surface area contributed by atoms with Gasteiger partial charge in [-0.15, -0.1) is 0 Å². The van der Waals surface area contributed by atoms with Crippen molar-refractivity contribution in [2.45, 2.75) is 44.3 Å². The third-order valence-corrected chi connectivity index (χ3v) is 7.82. The molecule has 4 heteroatoms. The Hall–Kier alpha value is -2.95. The molecule has 3 aromatic carbocycles. The molecule has 1 spiro atoms. The molecule has 4 aromatic rings. The number of hydrogen-bond acceptors (Lipinski definition) is 1. The number of fused-ring (bicyclic) bond motifs is 3. The van der Waals surface area contributed by atoms with E-state index in [1.807, 2.05) is 12.1 Å². The molecule has 0 aliphatic carbocycles. The van der Waals surface area contributed by atoms with Crippen molar-refractivity contribution in [1.82, 2.24) is 9.47 Å². The van der Waals surface area contributed by atoms with Crippen molar-refractivity contribution in [2.75, 3.05) is 19.6 Å². The Morgan fingerprint density at radius 1 is 0.853 bits per heavy atom. The number of ether oxygens (including phenoxy) is 1. The number of halogens is 1. The highest BCUT2D eigenvalue weighted by Gasteiger charge is 2.47. The summed E-state index contributed by atoms with van der Waals surface area (Å²) in [6.07, 6.45) is 7.98. The zero-order valence-electron chi connectivity index (χ0n) is 19.6. The SMILES string of the molecule is Fc1ccc(-n2cc(CCCCN3CCC4(CC3)[OH+]Cc3ccccc34)c3ccccc32)cc1. The number of aliphatic hydroxyl groups is 2. The Bertz CT molecular complexity index is 1280. The first kappa shape index (κ1) is 21.6. The molecule has 0 saturated carbocycles. The Kier molecular flexibility index (Phi) is 5.72. The van der Waals surface area contributed by atoms with E-state index in [0.29, 0.717) is 0 Å². The van der Waals surface area contributed by atoms with Crippen LogP contribution in [-0.2, 0) is 18.6 Å². The smallest absolute Gasteiger partial charge is 0.194 e. The van der Waals surface area contributed by atoms with Crippen molar-refractivity contribution in [2.24, 2.45) is 0 Å². The normalized spacial score (nSPS) is 17.4. The van der Waals surface area contributed by atoms with E-state index in [4.69, 9.17) is 4.74 Å². The molecular formula is C30H32FN2O+. The third-order valence-electron chi connectivity index (χ3n) is 7.82. The molecule has 3 heterocycles. The summed E-state index contributed by atoms with van der Waals surface area (Å²) >= 11 is 0. The largest absolute Gasteiger partial charge is 0.422 e. The van der Waals surface area contributed by atoms with Crippen LogP contribution in [0.4, 0.5) is 4.39 Å². The predicted octanol–water partition coefficient (Wildman–Crippen LogP) is 6.13. The van der Waals surface area contributed by atoms with E-state index in [0.717, 1.165) is 51.2 Å². The third kappa shape index (κ3) is 3.95. The van der Waals surface area contributed by atoms with Gasteiger partial charge in [0.05, 0.1) is 5.52 Å². The first-order valence-corrected chi connectivity index (χ1v) is 12.6. The van der Waals surface area contributed by atoms with Crippen molar-refractivity contribution in [1.29, 1.82) is 0 Å². The molecule has 2 aliphatic rings. The number of benzene rings is 3. The topological polar surface area (TPSA) is 21.0 Å². The number of nitrogens with zero attached hydrogens (tertiary/aromatic N) is 2. The van der Waals surface area contributed by atoms with Crippen LogP contribution in [0.5, 0.6) is 0 Å². The van der Waals surface area contributed by atoms with Crippen LogP contribution in [0.3, 0.4) is 0 Å². The molecule has 174 valence electrons. The molecule has 34 heavy (non-hydrogen) atoms. The number of rotatable bonds is 6. The van der Waals surface area contributed by atoms with Crippen molar-refractivity contribution < 1.29 is 9.13 Å². The monoisotopic (exact) mass is 455 g/mol. The highest BCUT2D eigenvalue weighted by molar-refractivity contribution is 5.85. The van der Waals surface area contributed by atoms with Crippen LogP contribution < -0.4 is 0 Å². The number of aromatic nitrogens is 1. The van der Waals surface area contributed by atoms with E-state index in [2.05, 4.69) is 64.2 Å². The minimum Gasteiger partial charge on any atom is -0.422 e. The van der Waals surface area contributed by atoms with Gasteiger partial charge < -0.3 is 14.2 Å². The number of unbranched alkanes of at least 4 members (excludes halogenated alkanes) is 1. The quantitative estimate of drug-likeness (QED) is 0.253. The second-order valence-corrected chi connectivity index (χ2v) is 9.82. The van der Waals surface area contributed by atoms with E-state index >= 15 is 0 Å². The summed E-state index contributed by atoms with van der Waals surface area (Å²) in [6, 6.07) is 24.1. The van der Waals surface area contributed by atoms with Gasteiger partial charge in [-0.25, -0.2) is 4.39 Å². The standard InChI is InChI=1S/C30H31FN2O/c31-25-12-14-26(15-13-25)33-21-23(27-9-2-4-11-29(27)33)7-5-6-18-32-19-16-30(17-20-32)28-10-3-1-8-24(28)22-34-30/h1-4,8-15,21H,5-7,16-20,22H2/p+1. The molecule has 0 bridgehead atoms. The maximum absolute atomic E-state index is 13.4. The molecular weight excluding hydrogens is 423 g/mol. The van der Waals surface area contributed by atoms with E-state index < -0.39 is 0 Å². The van der Waals surface area contributed by atoms with Crippen LogP contribution in [0.15, 0.2) is 79.0 Å². The lowest BCUT2D eigenvalue weighted by atomic mass is 9.84. The molecule has 1 fully saturated rings. The lowest BCUT2D eigenvalue weighted by Gasteiger charge is -2.36. The maximum atomic E-state index is 13.4. The summed E-state index contributed by atoms with van der Waals surface area (Å²) in [6.45, 7) is 4.33. The average Bonchev–Trinajstić information content (AvgIpc) is 3.43. The lowest BCUT2D eigenvalue weighted by Crippen LogP contribution is -2.44. The Morgan fingerprint density at radius 2 is 1.62 bits per heavy atom. The zero-order valence-corrected chi connectivity index (χ0v) is 19.6. The fraction of sp³-hybridized carbons (Fsp3) is 0.333. The van der Waals surface area contributed by atoms with Crippen LogP contribution in [-0.4, -0.2) is 33.8 Å². The second kappa shape index (κ2) is 9.01. The number of piperidine rings is 1. The summed E-state index contributed by atoms with van der Waals surface area (Å²) in [5, 5.41) is 1.30. The number of para-hydroxylation sites is 1. The number of likely N-dealkylation sites (tertiary alicyclic amines) is 1. The summed E-state index contributed by atoms with van der Waals surface area (Å²) in [4.78, 5) is 2.63. The molecule has 2 aliphatic heterocycles. The molecule has 3 nitrogen and oxygen atoms in total. The van der Waals surface area contributed by atoms with E-state index in [1.54, 1.807) is 0 Å². The van der Waals surface area contributed by atoms with Crippen molar-refractivity contribution in [3.05, 3.63) is 102 Å². The highest BCUT2D eigenvalue weighted by Crippen LogP contribution is 2.42. The van der Waals surface area contributed by atoms with E-state index in [9.17, 15) is 4.39 Å². The Balaban J connectivity index is 1.06. The molecule has 0 amide bonds. The first-order valence-electron chi connectivity index (χ1n) is 12.6. The van der Waals surface area contributed by atoms with Crippen LogP contribution in [0.1, 0.15) is 42.4 Å². The zero-order chi connectivity index (χ0) is 23.0. The summed E-state index contributed by atoms with van der Waals surface area (Å²) in [5.74, 6) is -0.199. The molecule has 0 unspecified atom stereocenters. The first-order chi connectivity index (χ1) is 16.7. The van der Waals surface area contributed by atoms with Crippen LogP contribution in [0.25, 0.3) is 16.6 Å². The number of aryl methyl sites for hydroxylation is 1. The Labute approximate surface area is 200 Å². The fourth-order valence-corrected chi connectivity index (χ4v) is 5.92. The Morgan fingerprint density at radius 3 is 2.47 bits per heavy atom. The molecule has 6 rings (SSSR count). The summed E-state index contributed by atoms with van der Waals surface area (Å²) in [7, 11) is 0. The van der Waals surface area contributed by atoms with E-state index in [-0.39, 0.29) is 11.4 Å². The van der Waals surface area contributed by atoms with Gasteiger partial charge in [-0.2, -0.15) is 0 Å². The van der Waals surface area contributed by atoms with Gasteiger partial charge in [0.2, 0.25) is 0 Å². The molecule has 0 atom stereocenters. The molecule has 1 N–H and O–H groups in total. The number of hydrogen-bond donors (Lipinski definition) is 0. The maximum Gasteiger partial charge on any atom is 0.194 e. The highest BCUT2D eigenvalue weighted by atomic mass is 19.1. The van der Waals surface area contributed by atoms with Crippen molar-refractivity contribution >= 4 is 10.9 Å². The predicted molar refractivity (Wildman–Crippen MR) is 136 cm³/mol. The fourth-order valence-electron chi connectivity index (χ4n) is 5.92. The van der Waals surface area contributed by atoms with Crippen LogP contribution in [0.2, 0.25) is 0 Å². The van der Waals surface area contributed by atoms with Gasteiger partial charge in [0, 0.05) is 54.3 Å². The van der Waals surface area contributed by atoms with Gasteiger partial charge in [0.15, 0.2) is 12.2 Å². The van der Waals surface area contributed by atoms with Gasteiger partial charge in [-0.05, 0) is 61.7 Å². The van der Waals surface area contributed by atoms with Gasteiger partial charge >= 0.3 is 0 Å². The van der Waals surface area contributed by atoms with Gasteiger partial charge in [0.1, 0.15) is 5.82 Å². The summed E-state index contributed by atoms with van der Waals surface area (Å²) in [5.41, 5.74) is 6.55. The minimum absolute atomic E-state index is 0.0786. The van der Waals surface area contributed by atoms with Gasteiger partial charge in [0.25, 0.3) is 0 Å². The van der Waals surface area contributed by atoms with Crippen molar-refractivity contribution in [3.63, 3.8) is 0 Å². The average molecular weight is 456 g/mol.